The number of nitrogens with zero attached hydrogens (tertiary/aromatic N) is 4. The third kappa shape index (κ3) is 3.03. The third-order valence-corrected chi connectivity index (χ3v) is 3.40. The van der Waals surface area contributed by atoms with Gasteiger partial charge in [0.05, 0.1) is 11.6 Å². The molecule has 0 N–H and O–H groups in total. The zero-order chi connectivity index (χ0) is 12.3. The van der Waals surface area contributed by atoms with E-state index in [-0.39, 0.29) is 5.69 Å². The van der Waals surface area contributed by atoms with Gasteiger partial charge in [0, 0.05) is 6.04 Å². The van der Waals surface area contributed by atoms with E-state index in [1.807, 2.05) is 0 Å². The fourth-order valence-corrected chi connectivity index (χ4v) is 2.39. The van der Waals surface area contributed by atoms with Gasteiger partial charge in [-0.15, -0.1) is 0 Å². The summed E-state index contributed by atoms with van der Waals surface area (Å²) in [7, 11) is 2.06. The largest absolute Gasteiger partial charge is 0.307 e. The third-order valence-electron chi connectivity index (χ3n) is 3.40. The van der Waals surface area contributed by atoms with Crippen LogP contribution < -0.4 is 0 Å². The highest BCUT2D eigenvalue weighted by molar-refractivity contribution is 5.20. The fraction of sp³-hybridized carbons (Fsp3) is 0.727. The average Bonchev–Trinajstić information content (AvgIpc) is 2.79. The molecule has 94 valence electrons. The van der Waals surface area contributed by atoms with E-state index in [0.717, 1.165) is 0 Å². The molecule has 0 aliphatic heterocycles. The van der Waals surface area contributed by atoms with Gasteiger partial charge in [0.2, 0.25) is 0 Å². The van der Waals surface area contributed by atoms with E-state index in [2.05, 4.69) is 17.0 Å². The lowest BCUT2D eigenvalue weighted by atomic mass is 9.95. The van der Waals surface area contributed by atoms with Gasteiger partial charge in [0.15, 0.2) is 0 Å². The standard InChI is InChI=1S/C11H18N4O2/c1-13(10-5-3-2-4-6-10)9-14-8-11(7-12-14)15(16)17/h7-8,10H,2-6,9H2,1H3. The van der Waals surface area contributed by atoms with Crippen molar-refractivity contribution in [1.29, 1.82) is 0 Å². The molecule has 2 rings (SSSR count). The summed E-state index contributed by atoms with van der Waals surface area (Å²) in [5.41, 5.74) is 0.0574. The van der Waals surface area contributed by atoms with Crippen LogP contribution in [0.2, 0.25) is 0 Å². The Kier molecular flexibility index (Phi) is 3.73. The Labute approximate surface area is 100 Å². The second kappa shape index (κ2) is 5.27. The molecule has 0 unspecified atom stereocenters. The molecule has 0 saturated heterocycles. The Morgan fingerprint density at radius 2 is 2.24 bits per heavy atom. The highest BCUT2D eigenvalue weighted by Crippen LogP contribution is 2.22. The fourth-order valence-electron chi connectivity index (χ4n) is 2.39. The van der Waals surface area contributed by atoms with Gasteiger partial charge in [-0.3, -0.25) is 19.7 Å². The molecule has 0 atom stereocenters. The topological polar surface area (TPSA) is 64.2 Å². The molecule has 6 heteroatoms. The first kappa shape index (κ1) is 12.0. The maximum absolute atomic E-state index is 10.5. The quantitative estimate of drug-likeness (QED) is 0.594. The van der Waals surface area contributed by atoms with Gasteiger partial charge < -0.3 is 0 Å². The maximum Gasteiger partial charge on any atom is 0.307 e. The minimum Gasteiger partial charge on any atom is -0.285 e. The van der Waals surface area contributed by atoms with Crippen LogP contribution in [0.3, 0.4) is 0 Å². The number of nitro groups is 1. The van der Waals surface area contributed by atoms with E-state index in [4.69, 9.17) is 0 Å². The van der Waals surface area contributed by atoms with Crippen molar-refractivity contribution in [1.82, 2.24) is 14.7 Å². The second-order valence-electron chi connectivity index (χ2n) is 4.69. The maximum atomic E-state index is 10.5. The van der Waals surface area contributed by atoms with Crippen LogP contribution in [0.15, 0.2) is 12.4 Å². The van der Waals surface area contributed by atoms with Crippen LogP contribution in [0, 0.1) is 10.1 Å². The molecular formula is C11H18N4O2. The van der Waals surface area contributed by atoms with E-state index in [0.29, 0.717) is 12.7 Å². The second-order valence-corrected chi connectivity index (χ2v) is 4.69. The molecule has 0 bridgehead atoms. The van der Waals surface area contributed by atoms with Gasteiger partial charge in [-0.1, -0.05) is 19.3 Å². The van der Waals surface area contributed by atoms with Crippen molar-refractivity contribution in [2.24, 2.45) is 0 Å². The molecule has 1 aliphatic rings. The van der Waals surface area contributed by atoms with Crippen molar-refractivity contribution < 1.29 is 4.92 Å². The van der Waals surface area contributed by atoms with Gasteiger partial charge in [0.25, 0.3) is 0 Å². The van der Waals surface area contributed by atoms with Gasteiger partial charge >= 0.3 is 5.69 Å². The van der Waals surface area contributed by atoms with Crippen LogP contribution in [-0.4, -0.2) is 32.7 Å². The Morgan fingerprint density at radius 1 is 1.53 bits per heavy atom. The summed E-state index contributed by atoms with van der Waals surface area (Å²) in [6.45, 7) is 0.624. The van der Waals surface area contributed by atoms with Crippen LogP contribution >= 0.6 is 0 Å². The number of hydrogen-bond acceptors (Lipinski definition) is 4. The molecule has 0 radical (unpaired) electrons. The molecule has 17 heavy (non-hydrogen) atoms. The molecule has 0 spiro atoms. The molecule has 1 aromatic rings. The first-order chi connectivity index (χ1) is 8.16. The molecule has 0 amide bonds. The predicted octanol–water partition coefficient (Wildman–Crippen LogP) is 2.01. The minimum absolute atomic E-state index is 0.0574. The molecule has 1 heterocycles. The smallest absolute Gasteiger partial charge is 0.285 e. The van der Waals surface area contributed by atoms with Crippen LogP contribution in [0.25, 0.3) is 0 Å². The van der Waals surface area contributed by atoms with Gasteiger partial charge in [-0.2, -0.15) is 5.10 Å². The Hall–Kier alpha value is -1.43. The monoisotopic (exact) mass is 238 g/mol. The summed E-state index contributed by atoms with van der Waals surface area (Å²) >= 11 is 0. The summed E-state index contributed by atoms with van der Waals surface area (Å²) in [5, 5.41) is 14.5. The average molecular weight is 238 g/mol. The molecule has 6 nitrogen and oxygen atoms in total. The summed E-state index contributed by atoms with van der Waals surface area (Å²) in [5.74, 6) is 0. The Morgan fingerprint density at radius 3 is 2.82 bits per heavy atom. The molecule has 1 saturated carbocycles. The number of rotatable bonds is 4. The lowest BCUT2D eigenvalue weighted by Crippen LogP contribution is -2.34. The minimum atomic E-state index is -0.413. The van der Waals surface area contributed by atoms with E-state index >= 15 is 0 Å². The van der Waals surface area contributed by atoms with Crippen LogP contribution in [0.4, 0.5) is 5.69 Å². The summed E-state index contributed by atoms with van der Waals surface area (Å²) < 4.78 is 1.63. The Bertz CT molecular complexity index is 385. The molecule has 0 aromatic carbocycles. The summed E-state index contributed by atoms with van der Waals surface area (Å²) in [4.78, 5) is 12.4. The highest BCUT2D eigenvalue weighted by atomic mass is 16.6. The van der Waals surface area contributed by atoms with Crippen molar-refractivity contribution in [2.75, 3.05) is 7.05 Å². The van der Waals surface area contributed by atoms with Crippen molar-refractivity contribution in [3.63, 3.8) is 0 Å². The van der Waals surface area contributed by atoms with E-state index < -0.39 is 4.92 Å². The zero-order valence-electron chi connectivity index (χ0n) is 10.1. The van der Waals surface area contributed by atoms with E-state index in [9.17, 15) is 10.1 Å². The normalized spacial score (nSPS) is 17.5. The van der Waals surface area contributed by atoms with Gasteiger partial charge in [-0.05, 0) is 19.9 Å². The summed E-state index contributed by atoms with van der Waals surface area (Å²) in [6.07, 6.45) is 9.13. The Balaban J connectivity index is 1.92. The lowest BCUT2D eigenvalue weighted by Gasteiger charge is -2.30. The van der Waals surface area contributed by atoms with E-state index in [1.165, 1.54) is 44.5 Å². The van der Waals surface area contributed by atoms with Gasteiger partial charge in [-0.25, -0.2) is 0 Å². The number of hydrogen-bond donors (Lipinski definition) is 0. The van der Waals surface area contributed by atoms with Crippen molar-refractivity contribution in [3.8, 4) is 0 Å². The van der Waals surface area contributed by atoms with Crippen LogP contribution in [0.1, 0.15) is 32.1 Å². The lowest BCUT2D eigenvalue weighted by molar-refractivity contribution is -0.385. The SMILES string of the molecule is CN(Cn1cc([N+](=O)[O-])cn1)C1CCCCC1. The number of aromatic nitrogens is 2. The van der Waals surface area contributed by atoms with E-state index in [1.54, 1.807) is 4.68 Å². The van der Waals surface area contributed by atoms with Crippen molar-refractivity contribution >= 4 is 5.69 Å². The molecule has 1 aromatic heterocycles. The first-order valence-electron chi connectivity index (χ1n) is 6.04. The molecule has 1 aliphatic carbocycles. The van der Waals surface area contributed by atoms with Crippen LogP contribution in [-0.2, 0) is 6.67 Å². The van der Waals surface area contributed by atoms with Crippen molar-refractivity contribution in [2.45, 2.75) is 44.8 Å². The highest BCUT2D eigenvalue weighted by Gasteiger charge is 2.19. The first-order valence-corrected chi connectivity index (χ1v) is 6.04. The molecular weight excluding hydrogens is 220 g/mol. The predicted molar refractivity (Wildman–Crippen MR) is 63.5 cm³/mol. The van der Waals surface area contributed by atoms with Crippen LogP contribution in [0.5, 0.6) is 0 Å². The zero-order valence-corrected chi connectivity index (χ0v) is 10.1. The molecule has 1 fully saturated rings. The van der Waals surface area contributed by atoms with Crippen molar-refractivity contribution in [3.05, 3.63) is 22.5 Å². The summed E-state index contributed by atoms with van der Waals surface area (Å²) in [6, 6.07) is 0.590. The van der Waals surface area contributed by atoms with Gasteiger partial charge in [0.1, 0.15) is 12.4 Å².